The Labute approximate surface area is 94.8 Å². The van der Waals surface area contributed by atoms with E-state index in [1.165, 1.54) is 44.9 Å². The molecule has 0 amide bonds. The third-order valence-electron chi connectivity index (χ3n) is 6.63. The van der Waals surface area contributed by atoms with E-state index in [4.69, 9.17) is 0 Å². The lowest BCUT2D eigenvalue weighted by molar-refractivity contribution is -0.178. The monoisotopic (exact) mass is 206 g/mol. The fourth-order valence-corrected chi connectivity index (χ4v) is 5.55. The highest BCUT2D eigenvalue weighted by Gasteiger charge is 2.67. The Hall–Kier alpha value is 0. The Bertz CT molecular complexity index is 243. The third kappa shape index (κ3) is 1.09. The summed E-state index contributed by atoms with van der Waals surface area (Å²) in [5.74, 6) is 3.20. The third-order valence-corrected chi connectivity index (χ3v) is 6.63. The van der Waals surface area contributed by atoms with E-state index >= 15 is 0 Å². The second-order valence-corrected chi connectivity index (χ2v) is 7.19. The standard InChI is InChI=1S/C15H26/c1-11-9-12-13(10-11)15(3)8-6-4-5-7-14(12,15)2/h11-13H,4-10H2,1-3H3. The van der Waals surface area contributed by atoms with Gasteiger partial charge in [-0.1, -0.05) is 40.0 Å². The van der Waals surface area contributed by atoms with Crippen molar-refractivity contribution in [3.63, 3.8) is 0 Å². The minimum atomic E-state index is 0.721. The average molecular weight is 206 g/mol. The van der Waals surface area contributed by atoms with E-state index in [-0.39, 0.29) is 0 Å². The SMILES string of the molecule is CC1CC2C(C1)C1(C)CCCCCC21C. The molecule has 0 heterocycles. The lowest BCUT2D eigenvalue weighted by Crippen LogP contribution is -2.60. The van der Waals surface area contributed by atoms with Crippen molar-refractivity contribution in [2.24, 2.45) is 28.6 Å². The normalized spacial score (nSPS) is 59.0. The lowest BCUT2D eigenvalue weighted by Gasteiger charge is -2.66. The first-order valence-electron chi connectivity index (χ1n) is 7.08. The van der Waals surface area contributed by atoms with Crippen LogP contribution in [0.2, 0.25) is 0 Å². The maximum Gasteiger partial charge on any atom is -0.0238 e. The first-order chi connectivity index (χ1) is 7.08. The van der Waals surface area contributed by atoms with Crippen molar-refractivity contribution in [1.29, 1.82) is 0 Å². The predicted octanol–water partition coefficient (Wildman–Crippen LogP) is 4.64. The summed E-state index contributed by atoms with van der Waals surface area (Å²) >= 11 is 0. The van der Waals surface area contributed by atoms with Crippen molar-refractivity contribution in [3.8, 4) is 0 Å². The molecule has 3 saturated carbocycles. The van der Waals surface area contributed by atoms with Crippen LogP contribution >= 0.6 is 0 Å². The highest BCUT2D eigenvalue weighted by Crippen LogP contribution is 2.74. The molecule has 0 N–H and O–H groups in total. The summed E-state index contributed by atoms with van der Waals surface area (Å²) in [6.45, 7) is 7.72. The molecule has 3 rings (SSSR count). The van der Waals surface area contributed by atoms with Crippen LogP contribution in [0, 0.1) is 28.6 Å². The molecule has 15 heavy (non-hydrogen) atoms. The van der Waals surface area contributed by atoms with E-state index in [1.54, 1.807) is 0 Å². The van der Waals surface area contributed by atoms with Crippen molar-refractivity contribution in [3.05, 3.63) is 0 Å². The summed E-state index contributed by atoms with van der Waals surface area (Å²) in [7, 11) is 0. The minimum Gasteiger partial charge on any atom is -0.0625 e. The first kappa shape index (κ1) is 10.2. The molecule has 0 saturated heterocycles. The Morgan fingerprint density at radius 3 is 1.73 bits per heavy atom. The van der Waals surface area contributed by atoms with Gasteiger partial charge in [-0.25, -0.2) is 0 Å². The zero-order chi connectivity index (χ0) is 10.7. The van der Waals surface area contributed by atoms with Crippen molar-refractivity contribution >= 4 is 0 Å². The molecule has 0 bridgehead atoms. The molecular weight excluding hydrogens is 180 g/mol. The maximum absolute atomic E-state index is 2.62. The number of hydrogen-bond acceptors (Lipinski definition) is 0. The zero-order valence-corrected chi connectivity index (χ0v) is 10.7. The van der Waals surface area contributed by atoms with Crippen LogP contribution in [0.3, 0.4) is 0 Å². The number of hydrogen-bond donors (Lipinski definition) is 0. The van der Waals surface area contributed by atoms with Gasteiger partial charge in [0.2, 0.25) is 0 Å². The molecule has 3 fully saturated rings. The van der Waals surface area contributed by atoms with Gasteiger partial charge in [0.15, 0.2) is 0 Å². The Morgan fingerprint density at radius 2 is 1.27 bits per heavy atom. The van der Waals surface area contributed by atoms with E-state index in [9.17, 15) is 0 Å². The Kier molecular flexibility index (Phi) is 2.05. The highest BCUT2D eigenvalue weighted by atomic mass is 14.7. The summed E-state index contributed by atoms with van der Waals surface area (Å²) < 4.78 is 0. The fraction of sp³-hybridized carbons (Fsp3) is 1.00. The topological polar surface area (TPSA) is 0 Å². The van der Waals surface area contributed by atoms with E-state index in [0.717, 1.165) is 28.6 Å². The minimum absolute atomic E-state index is 0.721. The van der Waals surface area contributed by atoms with Gasteiger partial charge in [-0.2, -0.15) is 0 Å². The van der Waals surface area contributed by atoms with Crippen LogP contribution in [0.4, 0.5) is 0 Å². The molecule has 0 aliphatic heterocycles. The van der Waals surface area contributed by atoms with Gasteiger partial charge in [0.1, 0.15) is 0 Å². The number of rotatable bonds is 0. The van der Waals surface area contributed by atoms with Gasteiger partial charge >= 0.3 is 0 Å². The molecule has 0 aromatic rings. The molecule has 86 valence electrons. The summed E-state index contributed by atoms with van der Waals surface area (Å²) in [6.07, 6.45) is 10.6. The molecule has 0 aromatic carbocycles. The second-order valence-electron chi connectivity index (χ2n) is 7.19. The van der Waals surface area contributed by atoms with E-state index in [2.05, 4.69) is 20.8 Å². The molecular formula is C15H26. The zero-order valence-electron chi connectivity index (χ0n) is 10.7. The van der Waals surface area contributed by atoms with E-state index in [0.29, 0.717) is 0 Å². The molecule has 4 atom stereocenters. The molecule has 0 radical (unpaired) electrons. The number of fused-ring (bicyclic) bond motifs is 4. The average Bonchev–Trinajstić information content (AvgIpc) is 2.52. The van der Waals surface area contributed by atoms with Crippen molar-refractivity contribution in [2.75, 3.05) is 0 Å². The Balaban J connectivity index is 1.92. The summed E-state index contributed by atoms with van der Waals surface area (Å²) in [6, 6.07) is 0. The van der Waals surface area contributed by atoms with Gasteiger partial charge in [-0.15, -0.1) is 0 Å². The van der Waals surface area contributed by atoms with Crippen LogP contribution in [0.5, 0.6) is 0 Å². The summed E-state index contributed by atoms with van der Waals surface area (Å²) in [5.41, 5.74) is 1.44. The van der Waals surface area contributed by atoms with Crippen molar-refractivity contribution in [2.45, 2.75) is 65.7 Å². The summed E-state index contributed by atoms with van der Waals surface area (Å²) in [5, 5.41) is 0. The molecule has 0 aromatic heterocycles. The molecule has 4 unspecified atom stereocenters. The lowest BCUT2D eigenvalue weighted by atomic mass is 9.39. The molecule has 3 aliphatic rings. The smallest absolute Gasteiger partial charge is 0.0238 e. The van der Waals surface area contributed by atoms with Crippen molar-refractivity contribution in [1.82, 2.24) is 0 Å². The van der Waals surface area contributed by atoms with Gasteiger partial charge in [0.05, 0.1) is 0 Å². The van der Waals surface area contributed by atoms with Gasteiger partial charge in [0, 0.05) is 0 Å². The van der Waals surface area contributed by atoms with Crippen LogP contribution in [0.15, 0.2) is 0 Å². The quantitative estimate of drug-likeness (QED) is 0.541. The Morgan fingerprint density at radius 1 is 0.800 bits per heavy atom. The van der Waals surface area contributed by atoms with E-state index < -0.39 is 0 Å². The summed E-state index contributed by atoms with van der Waals surface area (Å²) in [4.78, 5) is 0. The van der Waals surface area contributed by atoms with E-state index in [1.807, 2.05) is 0 Å². The van der Waals surface area contributed by atoms with Crippen LogP contribution in [-0.2, 0) is 0 Å². The van der Waals surface area contributed by atoms with Gasteiger partial charge in [0.25, 0.3) is 0 Å². The molecule has 0 heteroatoms. The van der Waals surface area contributed by atoms with Crippen molar-refractivity contribution < 1.29 is 0 Å². The van der Waals surface area contributed by atoms with Gasteiger partial charge in [-0.3, -0.25) is 0 Å². The van der Waals surface area contributed by atoms with Crippen LogP contribution in [0.1, 0.15) is 65.7 Å². The second kappa shape index (κ2) is 3.02. The molecule has 0 nitrogen and oxygen atoms in total. The van der Waals surface area contributed by atoms with Crippen LogP contribution < -0.4 is 0 Å². The molecule has 3 aliphatic carbocycles. The van der Waals surface area contributed by atoms with Crippen LogP contribution in [0.25, 0.3) is 0 Å². The fourth-order valence-electron chi connectivity index (χ4n) is 5.55. The first-order valence-corrected chi connectivity index (χ1v) is 7.08. The predicted molar refractivity (Wildman–Crippen MR) is 64.7 cm³/mol. The van der Waals surface area contributed by atoms with Gasteiger partial charge in [-0.05, 0) is 54.3 Å². The molecule has 0 spiro atoms. The van der Waals surface area contributed by atoms with Crippen LogP contribution in [-0.4, -0.2) is 0 Å². The highest BCUT2D eigenvalue weighted by molar-refractivity contribution is 5.16. The maximum atomic E-state index is 2.62. The van der Waals surface area contributed by atoms with Gasteiger partial charge < -0.3 is 0 Å². The largest absolute Gasteiger partial charge is 0.0625 e.